The van der Waals surface area contributed by atoms with Gasteiger partial charge < -0.3 is 24.9 Å². The van der Waals surface area contributed by atoms with Crippen LogP contribution in [-0.4, -0.2) is 39.9 Å². The fraction of sp³-hybridized carbons (Fsp3) is 0.259. The molecule has 0 fully saturated rings. The van der Waals surface area contributed by atoms with Gasteiger partial charge in [-0.2, -0.15) is 5.26 Å². The van der Waals surface area contributed by atoms with Crippen LogP contribution < -0.4 is 14.8 Å². The Morgan fingerprint density at radius 3 is 2.68 bits per heavy atom. The third kappa shape index (κ3) is 6.13. The Bertz CT molecular complexity index is 1260. The van der Waals surface area contributed by atoms with E-state index < -0.39 is 6.10 Å². The number of H-pyrrole nitrogens is 1. The average Bonchev–Trinajstić information content (AvgIpc) is 3.33. The maximum Gasteiger partial charge on any atom is 0.219 e. The van der Waals surface area contributed by atoms with Crippen molar-refractivity contribution in [1.82, 2.24) is 15.3 Å². The number of hydrogen-bond acceptors (Lipinski definition) is 6. The average molecular weight is 459 g/mol. The van der Waals surface area contributed by atoms with Gasteiger partial charge in [0.25, 0.3) is 0 Å². The molecule has 0 amide bonds. The van der Waals surface area contributed by atoms with Gasteiger partial charge in [-0.1, -0.05) is 18.2 Å². The van der Waals surface area contributed by atoms with Crippen molar-refractivity contribution in [2.24, 2.45) is 0 Å². The van der Waals surface area contributed by atoms with Crippen molar-refractivity contribution in [3.8, 4) is 23.4 Å². The molecule has 34 heavy (non-hydrogen) atoms. The first kappa shape index (κ1) is 23.3. The highest BCUT2D eigenvalue weighted by atomic mass is 16.5. The number of hydrogen-bond donors (Lipinski definition) is 3. The summed E-state index contributed by atoms with van der Waals surface area (Å²) in [6, 6.07) is 21.0. The Morgan fingerprint density at radius 2 is 1.94 bits per heavy atom. The molecule has 2 aromatic carbocycles. The van der Waals surface area contributed by atoms with E-state index in [1.54, 1.807) is 12.1 Å². The van der Waals surface area contributed by atoms with E-state index in [9.17, 15) is 5.11 Å². The molecule has 4 aromatic rings. The first-order valence-electron chi connectivity index (χ1n) is 11.2. The predicted molar refractivity (Wildman–Crippen MR) is 131 cm³/mol. The lowest BCUT2D eigenvalue weighted by atomic mass is 9.94. The summed E-state index contributed by atoms with van der Waals surface area (Å²) in [5.74, 6) is 1.88. The van der Waals surface area contributed by atoms with Crippen molar-refractivity contribution in [2.75, 3.05) is 13.2 Å². The number of β-amino-alcohol motifs (C(OH)–C–C–N with tert-alkyl or cyclic N) is 1. The number of fused-ring (bicyclic) bond motifs is 1. The molecule has 2 aromatic heterocycles. The molecule has 0 radical (unpaired) electrons. The van der Waals surface area contributed by atoms with Crippen molar-refractivity contribution in [1.29, 1.82) is 5.26 Å². The van der Waals surface area contributed by atoms with E-state index in [1.807, 2.05) is 60.8 Å². The van der Waals surface area contributed by atoms with Crippen LogP contribution in [0.5, 0.6) is 17.4 Å². The summed E-state index contributed by atoms with van der Waals surface area (Å²) in [4.78, 5) is 7.28. The van der Waals surface area contributed by atoms with E-state index in [4.69, 9.17) is 14.7 Å². The van der Waals surface area contributed by atoms with Crippen molar-refractivity contribution in [3.63, 3.8) is 0 Å². The number of aromatic nitrogens is 2. The van der Waals surface area contributed by atoms with Gasteiger partial charge in [-0.3, -0.25) is 0 Å². The Hall–Kier alpha value is -3.86. The molecule has 4 rings (SSSR count). The first-order valence-corrected chi connectivity index (χ1v) is 11.2. The number of nitriles is 1. The third-order valence-electron chi connectivity index (χ3n) is 5.46. The van der Waals surface area contributed by atoms with Gasteiger partial charge in [0, 0.05) is 41.4 Å². The second-order valence-electron chi connectivity index (χ2n) is 8.84. The zero-order valence-electron chi connectivity index (χ0n) is 19.3. The molecule has 0 spiro atoms. The summed E-state index contributed by atoms with van der Waals surface area (Å²) < 4.78 is 11.6. The van der Waals surface area contributed by atoms with Crippen LogP contribution in [0.4, 0.5) is 0 Å². The van der Waals surface area contributed by atoms with Crippen LogP contribution in [0, 0.1) is 11.3 Å². The summed E-state index contributed by atoms with van der Waals surface area (Å²) >= 11 is 0. The number of benzene rings is 2. The molecule has 0 bridgehead atoms. The molecule has 0 aliphatic heterocycles. The minimum Gasteiger partial charge on any atom is -0.490 e. The van der Waals surface area contributed by atoms with Crippen LogP contribution in [0.2, 0.25) is 0 Å². The minimum atomic E-state index is -0.635. The highest BCUT2D eigenvalue weighted by Gasteiger charge is 2.20. The summed E-state index contributed by atoms with van der Waals surface area (Å²) in [5.41, 5.74) is 2.42. The summed E-state index contributed by atoms with van der Waals surface area (Å²) in [6.45, 7) is 4.84. The number of ether oxygens (including phenoxy) is 2. The lowest BCUT2D eigenvalue weighted by molar-refractivity contribution is 0.0996. The van der Waals surface area contributed by atoms with E-state index in [1.165, 1.54) is 6.20 Å². The van der Waals surface area contributed by atoms with Crippen molar-refractivity contribution >= 4 is 10.9 Å². The van der Waals surface area contributed by atoms with Gasteiger partial charge in [-0.05, 0) is 62.2 Å². The topological polar surface area (TPSA) is 103 Å². The summed E-state index contributed by atoms with van der Waals surface area (Å²) in [7, 11) is 0. The van der Waals surface area contributed by atoms with Gasteiger partial charge >= 0.3 is 0 Å². The molecular formula is C27H28N4O3. The largest absolute Gasteiger partial charge is 0.490 e. The molecule has 7 heteroatoms. The Kier molecular flexibility index (Phi) is 7.12. The number of rotatable bonds is 10. The van der Waals surface area contributed by atoms with Crippen LogP contribution in [0.25, 0.3) is 10.9 Å². The number of aliphatic hydroxyl groups excluding tert-OH is 1. The molecule has 0 saturated heterocycles. The van der Waals surface area contributed by atoms with Crippen LogP contribution in [0.15, 0.2) is 73.1 Å². The zero-order valence-corrected chi connectivity index (χ0v) is 19.3. The molecular weight excluding hydrogens is 430 g/mol. The Labute approximate surface area is 199 Å². The second kappa shape index (κ2) is 10.4. The minimum absolute atomic E-state index is 0.211. The quantitative estimate of drug-likeness (QED) is 0.321. The molecule has 2 heterocycles. The van der Waals surface area contributed by atoms with Gasteiger partial charge in [0.05, 0.1) is 5.56 Å². The lowest BCUT2D eigenvalue weighted by Gasteiger charge is -2.28. The molecule has 0 aliphatic rings. The van der Waals surface area contributed by atoms with Crippen LogP contribution in [-0.2, 0) is 6.42 Å². The van der Waals surface area contributed by atoms with Crippen LogP contribution >= 0.6 is 0 Å². The number of aliphatic hydroxyl groups is 1. The lowest BCUT2D eigenvalue weighted by Crippen LogP contribution is -2.46. The number of pyridine rings is 1. The smallest absolute Gasteiger partial charge is 0.219 e. The van der Waals surface area contributed by atoms with E-state index in [2.05, 4.69) is 29.1 Å². The number of nitrogens with one attached hydrogen (secondary N) is 2. The third-order valence-corrected chi connectivity index (χ3v) is 5.46. The van der Waals surface area contributed by atoms with Gasteiger partial charge in [0.1, 0.15) is 30.3 Å². The highest BCUT2D eigenvalue weighted by Crippen LogP contribution is 2.25. The van der Waals surface area contributed by atoms with Crippen LogP contribution in [0.3, 0.4) is 0 Å². The predicted octanol–water partition coefficient (Wildman–Crippen LogP) is 4.58. The van der Waals surface area contributed by atoms with Crippen molar-refractivity contribution < 1.29 is 14.6 Å². The molecule has 0 unspecified atom stereocenters. The maximum atomic E-state index is 10.4. The Balaban J connectivity index is 1.25. The van der Waals surface area contributed by atoms with E-state index in [0.29, 0.717) is 23.7 Å². The Morgan fingerprint density at radius 1 is 1.12 bits per heavy atom. The molecule has 3 N–H and O–H groups in total. The van der Waals surface area contributed by atoms with Gasteiger partial charge in [-0.15, -0.1) is 0 Å². The SMILES string of the molecule is CC(C)(Cc1ccc(Oc2ccc([14C]#N)cn2)cc1)NC[C@H](O)COc1cccc2[nH]ccc12. The normalized spacial score (nSPS) is 12.3. The number of aromatic amines is 1. The zero-order chi connectivity index (χ0) is 24.0. The molecule has 174 valence electrons. The van der Waals surface area contributed by atoms with E-state index in [0.717, 1.165) is 28.6 Å². The summed E-state index contributed by atoms with van der Waals surface area (Å²) in [6.07, 6.45) is 3.50. The second-order valence-corrected chi connectivity index (χ2v) is 8.84. The van der Waals surface area contributed by atoms with Crippen molar-refractivity contribution in [3.05, 3.63) is 84.2 Å². The molecule has 0 aliphatic carbocycles. The monoisotopic (exact) mass is 458 g/mol. The van der Waals surface area contributed by atoms with E-state index in [-0.39, 0.29) is 12.1 Å². The van der Waals surface area contributed by atoms with E-state index >= 15 is 0 Å². The fourth-order valence-corrected chi connectivity index (χ4v) is 3.70. The fourth-order valence-electron chi connectivity index (χ4n) is 3.70. The number of nitrogens with zero attached hydrogens (tertiary/aromatic N) is 2. The van der Waals surface area contributed by atoms with Gasteiger partial charge in [0.15, 0.2) is 0 Å². The summed E-state index contributed by atoms with van der Waals surface area (Å²) in [5, 5.41) is 23.7. The maximum absolute atomic E-state index is 10.4. The molecule has 7 nitrogen and oxygen atoms in total. The molecule has 1 atom stereocenters. The van der Waals surface area contributed by atoms with Gasteiger partial charge in [0.2, 0.25) is 5.88 Å². The standard InChI is InChI=1S/C27H28N4O3/c1-27(2,31-17-21(32)18-33-25-5-3-4-24-23(25)12-13-29-24)14-19-6-9-22(10-7-19)34-26-11-8-20(15-28)16-30-26/h3-13,16,21,29,31-32H,14,17-18H2,1-2H3/t21-/m0/s1/i15+2. The van der Waals surface area contributed by atoms with Crippen LogP contribution in [0.1, 0.15) is 25.0 Å². The van der Waals surface area contributed by atoms with Gasteiger partial charge in [-0.25, -0.2) is 4.98 Å². The molecule has 0 saturated carbocycles. The first-order chi connectivity index (χ1) is 16.4. The highest BCUT2D eigenvalue weighted by molar-refractivity contribution is 5.85. The van der Waals surface area contributed by atoms with Crippen molar-refractivity contribution in [2.45, 2.75) is 31.9 Å².